The van der Waals surface area contributed by atoms with E-state index < -0.39 is 0 Å². The number of para-hydroxylation sites is 1. The Morgan fingerprint density at radius 2 is 1.73 bits per heavy atom. The van der Waals surface area contributed by atoms with Crippen molar-refractivity contribution < 1.29 is 9.53 Å². The number of nitriles is 1. The van der Waals surface area contributed by atoms with Crippen LogP contribution in [0.1, 0.15) is 29.3 Å². The Kier molecular flexibility index (Phi) is 7.66. The fraction of sp³-hybridized carbons (Fsp3) is 0.385. The van der Waals surface area contributed by atoms with E-state index in [1.807, 2.05) is 48.7 Å². The minimum atomic E-state index is 0.0324. The van der Waals surface area contributed by atoms with E-state index in [1.54, 1.807) is 6.92 Å². The predicted octanol–water partition coefficient (Wildman–Crippen LogP) is 4.46. The molecule has 0 amide bonds. The molecule has 33 heavy (non-hydrogen) atoms. The van der Waals surface area contributed by atoms with Crippen molar-refractivity contribution in [3.05, 3.63) is 64.8 Å². The molecule has 6 nitrogen and oxygen atoms in total. The second-order valence-corrected chi connectivity index (χ2v) is 8.88. The molecule has 4 rings (SSSR count). The Morgan fingerprint density at radius 1 is 1.03 bits per heavy atom. The summed E-state index contributed by atoms with van der Waals surface area (Å²) in [6.45, 7) is 9.09. The van der Waals surface area contributed by atoms with Crippen molar-refractivity contribution in [2.75, 3.05) is 45.9 Å². The molecule has 1 aliphatic rings. The number of nitrogens with zero attached hydrogens (tertiary/aromatic N) is 4. The van der Waals surface area contributed by atoms with Gasteiger partial charge in [0.2, 0.25) is 0 Å². The van der Waals surface area contributed by atoms with E-state index in [0.29, 0.717) is 22.8 Å². The highest BCUT2D eigenvalue weighted by atomic mass is 35.5. The number of rotatable bonds is 9. The van der Waals surface area contributed by atoms with E-state index in [-0.39, 0.29) is 5.78 Å². The van der Waals surface area contributed by atoms with Crippen LogP contribution in [-0.4, -0.2) is 66.0 Å². The maximum absolute atomic E-state index is 12.1. The number of ketones is 1. The average Bonchev–Trinajstić information content (AvgIpc) is 3.21. The first-order valence-electron chi connectivity index (χ1n) is 11.4. The number of piperazine rings is 1. The van der Waals surface area contributed by atoms with E-state index >= 15 is 0 Å². The zero-order valence-electron chi connectivity index (χ0n) is 19.0. The van der Waals surface area contributed by atoms with Gasteiger partial charge >= 0.3 is 0 Å². The molecule has 0 spiro atoms. The van der Waals surface area contributed by atoms with Gasteiger partial charge in [0.05, 0.1) is 11.1 Å². The van der Waals surface area contributed by atoms with Crippen LogP contribution in [0.25, 0.3) is 10.9 Å². The number of benzene rings is 2. The summed E-state index contributed by atoms with van der Waals surface area (Å²) in [5.41, 5.74) is 2.18. The van der Waals surface area contributed by atoms with Crippen molar-refractivity contribution in [2.24, 2.45) is 0 Å². The van der Waals surface area contributed by atoms with Crippen molar-refractivity contribution in [3.8, 4) is 11.8 Å². The van der Waals surface area contributed by atoms with Crippen molar-refractivity contribution >= 4 is 28.3 Å². The monoisotopic (exact) mass is 464 g/mol. The molecule has 0 aliphatic carbocycles. The normalized spacial score (nSPS) is 14.9. The summed E-state index contributed by atoms with van der Waals surface area (Å²) in [6.07, 6.45) is 2.88. The van der Waals surface area contributed by atoms with Gasteiger partial charge in [0.25, 0.3) is 0 Å². The highest BCUT2D eigenvalue weighted by Gasteiger charge is 2.18. The molecular formula is C26H29ClN4O2. The summed E-state index contributed by atoms with van der Waals surface area (Å²) in [7, 11) is 0. The highest BCUT2D eigenvalue weighted by molar-refractivity contribution is 6.30. The molecule has 1 saturated heterocycles. The molecule has 0 N–H and O–H groups in total. The van der Waals surface area contributed by atoms with E-state index in [9.17, 15) is 10.1 Å². The second-order valence-electron chi connectivity index (χ2n) is 8.45. The van der Waals surface area contributed by atoms with Crippen molar-refractivity contribution in [1.29, 1.82) is 5.26 Å². The maximum Gasteiger partial charge on any atom is 0.161 e. The smallest absolute Gasteiger partial charge is 0.161 e. The summed E-state index contributed by atoms with van der Waals surface area (Å²) in [5, 5.41) is 11.1. The number of aromatic nitrogens is 1. The van der Waals surface area contributed by atoms with Crippen LogP contribution in [-0.2, 0) is 6.54 Å². The lowest BCUT2D eigenvalue weighted by Gasteiger charge is -2.34. The molecule has 3 aromatic rings. The zero-order chi connectivity index (χ0) is 23.2. The number of hydrogen-bond donors (Lipinski definition) is 0. The molecule has 0 atom stereocenters. The van der Waals surface area contributed by atoms with Crippen LogP contribution < -0.4 is 4.74 Å². The summed E-state index contributed by atoms with van der Waals surface area (Å²) in [4.78, 5) is 17.0. The lowest BCUT2D eigenvalue weighted by molar-refractivity contribution is 0.101. The van der Waals surface area contributed by atoms with Gasteiger partial charge in [-0.15, -0.1) is 0 Å². The standard InChI is InChI=1S/C26H29ClN4O2/c1-20(32)25-19-31(26-21(18-28)4-2-5-24(25)26)11-3-10-29-12-14-30(15-13-29)16-17-33-23-8-6-22(27)7-9-23/h2,4-9,19H,3,10-17H2,1H3. The summed E-state index contributed by atoms with van der Waals surface area (Å²) in [5.74, 6) is 0.882. The number of aryl methyl sites for hydroxylation is 1. The minimum absolute atomic E-state index is 0.0324. The number of fused-ring (bicyclic) bond motifs is 1. The van der Waals surface area contributed by atoms with Gasteiger partial charge < -0.3 is 14.2 Å². The SMILES string of the molecule is CC(=O)c1cn(CCCN2CCN(CCOc3ccc(Cl)cc3)CC2)c2c(C#N)cccc12. The summed E-state index contributed by atoms with van der Waals surface area (Å²) in [6, 6.07) is 15.3. The van der Waals surface area contributed by atoms with Crippen molar-refractivity contribution in [3.63, 3.8) is 0 Å². The number of hydrogen-bond acceptors (Lipinski definition) is 5. The Balaban J connectivity index is 1.24. The lowest BCUT2D eigenvalue weighted by Crippen LogP contribution is -2.47. The summed E-state index contributed by atoms with van der Waals surface area (Å²) >= 11 is 5.91. The number of Topliss-reactive ketones (excluding diaryl/α,β-unsaturated/α-hetero) is 1. The first kappa shape index (κ1) is 23.3. The van der Waals surface area contributed by atoms with E-state index in [1.165, 1.54) is 0 Å². The molecule has 2 heterocycles. The molecule has 1 aromatic heterocycles. The molecule has 172 valence electrons. The van der Waals surface area contributed by atoms with Crippen LogP contribution in [0.3, 0.4) is 0 Å². The van der Waals surface area contributed by atoms with Gasteiger partial charge in [-0.2, -0.15) is 5.26 Å². The van der Waals surface area contributed by atoms with Crippen LogP contribution in [0.4, 0.5) is 0 Å². The third-order valence-corrected chi connectivity index (χ3v) is 6.48. The van der Waals surface area contributed by atoms with Gasteiger partial charge in [-0.25, -0.2) is 0 Å². The maximum atomic E-state index is 12.1. The molecule has 1 fully saturated rings. The number of halogens is 1. The Morgan fingerprint density at radius 3 is 2.39 bits per heavy atom. The zero-order valence-corrected chi connectivity index (χ0v) is 19.7. The van der Waals surface area contributed by atoms with Gasteiger partial charge in [-0.1, -0.05) is 23.7 Å². The van der Waals surface area contributed by atoms with Crippen LogP contribution >= 0.6 is 11.6 Å². The van der Waals surface area contributed by atoms with Crippen LogP contribution in [0.15, 0.2) is 48.7 Å². The van der Waals surface area contributed by atoms with E-state index in [0.717, 1.165) is 68.9 Å². The topological polar surface area (TPSA) is 61.5 Å². The van der Waals surface area contributed by atoms with E-state index in [4.69, 9.17) is 16.3 Å². The molecule has 1 aliphatic heterocycles. The largest absolute Gasteiger partial charge is 0.492 e. The second kappa shape index (κ2) is 10.8. The van der Waals surface area contributed by atoms with Crippen molar-refractivity contribution in [1.82, 2.24) is 14.4 Å². The fourth-order valence-electron chi connectivity index (χ4n) is 4.43. The van der Waals surface area contributed by atoms with E-state index in [2.05, 4.69) is 20.4 Å². The molecule has 7 heteroatoms. The molecule has 0 radical (unpaired) electrons. The highest BCUT2D eigenvalue weighted by Crippen LogP contribution is 2.25. The van der Waals surface area contributed by atoms with Crippen LogP contribution in [0.5, 0.6) is 5.75 Å². The van der Waals surface area contributed by atoms with Gasteiger partial charge in [0.1, 0.15) is 18.4 Å². The van der Waals surface area contributed by atoms with Gasteiger partial charge in [-0.05, 0) is 50.2 Å². The van der Waals surface area contributed by atoms with Gasteiger partial charge in [-0.3, -0.25) is 9.69 Å². The lowest BCUT2D eigenvalue weighted by atomic mass is 10.1. The number of ether oxygens (including phenoxy) is 1. The number of carbonyl (C=O) groups is 1. The molecule has 0 unspecified atom stereocenters. The molecular weight excluding hydrogens is 436 g/mol. The van der Waals surface area contributed by atoms with Gasteiger partial charge in [0.15, 0.2) is 5.78 Å². The predicted molar refractivity (Wildman–Crippen MR) is 131 cm³/mol. The van der Waals surface area contributed by atoms with Gasteiger partial charge in [0, 0.05) is 61.4 Å². The molecule has 2 aromatic carbocycles. The third-order valence-electron chi connectivity index (χ3n) is 6.23. The molecule has 0 saturated carbocycles. The van der Waals surface area contributed by atoms with Crippen LogP contribution in [0.2, 0.25) is 5.02 Å². The minimum Gasteiger partial charge on any atom is -0.492 e. The molecule has 0 bridgehead atoms. The first-order chi connectivity index (χ1) is 16.0. The quantitative estimate of drug-likeness (QED) is 0.438. The summed E-state index contributed by atoms with van der Waals surface area (Å²) < 4.78 is 7.89. The third kappa shape index (κ3) is 5.75. The Bertz CT molecular complexity index is 1140. The first-order valence-corrected chi connectivity index (χ1v) is 11.8. The Hall–Kier alpha value is -2.85. The van der Waals surface area contributed by atoms with Crippen molar-refractivity contribution in [2.45, 2.75) is 19.9 Å². The average molecular weight is 465 g/mol. The Labute approximate surface area is 199 Å². The van der Waals surface area contributed by atoms with Crippen LogP contribution in [0, 0.1) is 11.3 Å². The fourth-order valence-corrected chi connectivity index (χ4v) is 4.56. The number of carbonyl (C=O) groups excluding carboxylic acids is 1.